The summed E-state index contributed by atoms with van der Waals surface area (Å²) in [5.41, 5.74) is 16.9. The van der Waals surface area contributed by atoms with E-state index in [1.54, 1.807) is 36.4 Å². The monoisotopic (exact) mass is 395 g/mol. The highest BCUT2D eigenvalue weighted by atomic mass is 16.1. The summed E-state index contributed by atoms with van der Waals surface area (Å²) in [6.07, 6.45) is 3.28. The number of carbonyl (C=O) groups is 1. The van der Waals surface area contributed by atoms with Gasteiger partial charge in [0.05, 0.1) is 22.8 Å². The molecular weight excluding hydrogens is 374 g/mol. The van der Waals surface area contributed by atoms with Gasteiger partial charge in [0, 0.05) is 28.8 Å². The SMILES string of the molecule is Nc1ccc(N=C2C=C(Nc3ccc(N)cc3)C(=O)C=C2Nc2ccccc2)cc1. The molecular formula is C24H21N5O. The van der Waals surface area contributed by atoms with Crippen LogP contribution in [0.1, 0.15) is 0 Å². The lowest BCUT2D eigenvalue weighted by Crippen LogP contribution is -2.22. The first kappa shape index (κ1) is 19.0. The maximum atomic E-state index is 12.8. The molecule has 0 amide bonds. The Morgan fingerprint density at radius 2 is 1.20 bits per heavy atom. The predicted octanol–water partition coefficient (Wildman–Crippen LogP) is 4.50. The molecule has 0 bridgehead atoms. The average molecular weight is 395 g/mol. The second-order valence-electron chi connectivity index (χ2n) is 6.81. The highest BCUT2D eigenvalue weighted by molar-refractivity contribution is 6.24. The number of carbonyl (C=O) groups excluding carboxylic acids is 1. The third kappa shape index (κ3) is 4.56. The van der Waals surface area contributed by atoms with Gasteiger partial charge < -0.3 is 22.1 Å². The zero-order valence-corrected chi connectivity index (χ0v) is 16.2. The topological polar surface area (TPSA) is 106 Å². The van der Waals surface area contributed by atoms with E-state index in [1.165, 1.54) is 0 Å². The minimum Gasteiger partial charge on any atom is -0.399 e. The molecule has 0 saturated carbocycles. The van der Waals surface area contributed by atoms with Crippen LogP contribution in [0.4, 0.5) is 28.4 Å². The molecule has 6 nitrogen and oxygen atoms in total. The van der Waals surface area contributed by atoms with Crippen molar-refractivity contribution in [3.05, 3.63) is 102 Å². The number of hydrogen-bond donors (Lipinski definition) is 4. The Morgan fingerprint density at radius 1 is 0.633 bits per heavy atom. The Morgan fingerprint density at radius 3 is 1.87 bits per heavy atom. The molecule has 148 valence electrons. The predicted molar refractivity (Wildman–Crippen MR) is 124 cm³/mol. The molecule has 3 aromatic rings. The van der Waals surface area contributed by atoms with Gasteiger partial charge in [0.15, 0.2) is 0 Å². The molecule has 0 spiro atoms. The van der Waals surface area contributed by atoms with Crippen molar-refractivity contribution in [2.75, 3.05) is 22.1 Å². The van der Waals surface area contributed by atoms with Crippen LogP contribution in [0.3, 0.4) is 0 Å². The van der Waals surface area contributed by atoms with Crippen LogP contribution >= 0.6 is 0 Å². The van der Waals surface area contributed by atoms with E-state index in [-0.39, 0.29) is 5.78 Å². The molecule has 0 radical (unpaired) electrons. The van der Waals surface area contributed by atoms with Crippen LogP contribution in [-0.4, -0.2) is 11.5 Å². The highest BCUT2D eigenvalue weighted by Gasteiger charge is 2.19. The molecule has 1 aliphatic rings. The van der Waals surface area contributed by atoms with Crippen LogP contribution in [-0.2, 0) is 4.79 Å². The minimum absolute atomic E-state index is 0.151. The second-order valence-corrected chi connectivity index (χ2v) is 6.81. The van der Waals surface area contributed by atoms with Gasteiger partial charge >= 0.3 is 0 Å². The number of aliphatic imine (C=N–C) groups is 1. The smallest absolute Gasteiger partial charge is 0.204 e. The first-order valence-electron chi connectivity index (χ1n) is 9.44. The lowest BCUT2D eigenvalue weighted by Gasteiger charge is -2.18. The maximum absolute atomic E-state index is 12.8. The fourth-order valence-corrected chi connectivity index (χ4v) is 2.95. The minimum atomic E-state index is -0.151. The number of nitrogens with zero attached hydrogens (tertiary/aromatic N) is 1. The molecule has 0 aromatic heterocycles. The van der Waals surface area contributed by atoms with E-state index in [9.17, 15) is 4.79 Å². The van der Waals surface area contributed by atoms with Crippen molar-refractivity contribution in [2.24, 2.45) is 4.99 Å². The van der Waals surface area contributed by atoms with E-state index in [0.29, 0.717) is 28.5 Å². The third-order valence-corrected chi connectivity index (χ3v) is 4.48. The molecule has 6 N–H and O–H groups in total. The molecule has 1 aliphatic carbocycles. The fourth-order valence-electron chi connectivity index (χ4n) is 2.95. The third-order valence-electron chi connectivity index (χ3n) is 4.48. The molecule has 4 rings (SSSR count). The number of hydrogen-bond acceptors (Lipinski definition) is 6. The van der Waals surface area contributed by atoms with Crippen LogP contribution in [0.25, 0.3) is 0 Å². The largest absolute Gasteiger partial charge is 0.399 e. The molecule has 0 heterocycles. The van der Waals surface area contributed by atoms with Gasteiger partial charge in [-0.2, -0.15) is 0 Å². The molecule has 0 saturated heterocycles. The van der Waals surface area contributed by atoms with E-state index in [2.05, 4.69) is 10.6 Å². The summed E-state index contributed by atoms with van der Waals surface area (Å²) in [7, 11) is 0. The quantitative estimate of drug-likeness (QED) is 0.376. The van der Waals surface area contributed by atoms with Crippen LogP contribution in [0.15, 0.2) is 107 Å². The zero-order valence-electron chi connectivity index (χ0n) is 16.2. The Kier molecular flexibility index (Phi) is 5.30. The maximum Gasteiger partial charge on any atom is 0.204 e. The van der Waals surface area contributed by atoms with E-state index in [1.807, 2.05) is 54.6 Å². The fraction of sp³-hybridized carbons (Fsp3) is 0. The number of ketones is 1. The standard InChI is InChI=1S/C24H21N5O/c25-16-6-10-19(11-7-16)28-21-14-23(29-20-12-8-17(26)9-13-20)24(30)15-22(21)27-18-4-2-1-3-5-18/h1-15,27,29H,25-26H2. The Hall–Kier alpha value is -4.32. The summed E-state index contributed by atoms with van der Waals surface area (Å²) in [5.74, 6) is -0.151. The second kappa shape index (κ2) is 8.36. The molecule has 30 heavy (non-hydrogen) atoms. The number of benzene rings is 3. The number of rotatable bonds is 5. The van der Waals surface area contributed by atoms with Crippen molar-refractivity contribution in [3.8, 4) is 0 Å². The van der Waals surface area contributed by atoms with Crippen LogP contribution in [0.5, 0.6) is 0 Å². The average Bonchev–Trinajstić information content (AvgIpc) is 2.75. The molecule has 0 fully saturated rings. The molecule has 0 atom stereocenters. The molecule has 6 heteroatoms. The van der Waals surface area contributed by atoms with Gasteiger partial charge in [0.25, 0.3) is 0 Å². The number of nitrogens with one attached hydrogen (secondary N) is 2. The van der Waals surface area contributed by atoms with Crippen molar-refractivity contribution in [1.29, 1.82) is 0 Å². The Balaban J connectivity index is 1.68. The summed E-state index contributed by atoms with van der Waals surface area (Å²) >= 11 is 0. The van der Waals surface area contributed by atoms with Gasteiger partial charge in [-0.15, -0.1) is 0 Å². The van der Waals surface area contributed by atoms with Crippen LogP contribution < -0.4 is 22.1 Å². The lowest BCUT2D eigenvalue weighted by molar-refractivity contribution is -0.111. The molecule has 0 aliphatic heterocycles. The van der Waals surface area contributed by atoms with Gasteiger partial charge in [0.1, 0.15) is 0 Å². The van der Waals surface area contributed by atoms with Gasteiger partial charge in [-0.3, -0.25) is 4.79 Å². The Labute approximate surface area is 174 Å². The van der Waals surface area contributed by atoms with E-state index >= 15 is 0 Å². The van der Waals surface area contributed by atoms with Crippen molar-refractivity contribution < 1.29 is 4.79 Å². The van der Waals surface area contributed by atoms with E-state index < -0.39 is 0 Å². The van der Waals surface area contributed by atoms with Gasteiger partial charge in [-0.25, -0.2) is 4.99 Å². The number of nitrogens with two attached hydrogens (primary N) is 2. The van der Waals surface area contributed by atoms with Gasteiger partial charge in [-0.05, 0) is 66.7 Å². The summed E-state index contributed by atoms with van der Waals surface area (Å²) in [6, 6.07) is 24.1. The van der Waals surface area contributed by atoms with E-state index in [4.69, 9.17) is 16.5 Å². The zero-order chi connectivity index (χ0) is 20.9. The summed E-state index contributed by atoms with van der Waals surface area (Å²) in [6.45, 7) is 0. The number of nitrogen functional groups attached to an aromatic ring is 2. The summed E-state index contributed by atoms with van der Waals surface area (Å²) in [5, 5.41) is 6.43. The molecule has 3 aromatic carbocycles. The number of anilines is 4. The first-order chi connectivity index (χ1) is 14.6. The molecule has 0 unspecified atom stereocenters. The lowest BCUT2D eigenvalue weighted by atomic mass is 10.0. The summed E-state index contributed by atoms with van der Waals surface area (Å²) < 4.78 is 0. The van der Waals surface area contributed by atoms with Crippen molar-refractivity contribution in [3.63, 3.8) is 0 Å². The number of allylic oxidation sites excluding steroid dienone is 2. The Bertz CT molecular complexity index is 1140. The van der Waals surface area contributed by atoms with Crippen molar-refractivity contribution in [2.45, 2.75) is 0 Å². The van der Waals surface area contributed by atoms with Crippen LogP contribution in [0.2, 0.25) is 0 Å². The summed E-state index contributed by atoms with van der Waals surface area (Å²) in [4.78, 5) is 17.5. The van der Waals surface area contributed by atoms with Gasteiger partial charge in [-0.1, -0.05) is 18.2 Å². The number of para-hydroxylation sites is 1. The van der Waals surface area contributed by atoms with Crippen molar-refractivity contribution in [1.82, 2.24) is 0 Å². The van der Waals surface area contributed by atoms with E-state index in [0.717, 1.165) is 17.1 Å². The van der Waals surface area contributed by atoms with Gasteiger partial charge in [0.2, 0.25) is 5.78 Å². The van der Waals surface area contributed by atoms with Crippen molar-refractivity contribution >= 4 is 39.9 Å². The van der Waals surface area contributed by atoms with Crippen LogP contribution in [0, 0.1) is 0 Å². The first-order valence-corrected chi connectivity index (χ1v) is 9.44. The normalized spacial score (nSPS) is 14.8. The highest BCUT2D eigenvalue weighted by Crippen LogP contribution is 2.23.